The van der Waals surface area contributed by atoms with Crippen LogP contribution in [-0.2, 0) is 9.59 Å². The summed E-state index contributed by atoms with van der Waals surface area (Å²) in [5.74, 6) is -0.0230. The van der Waals surface area contributed by atoms with E-state index in [1.807, 2.05) is 11.4 Å². The van der Waals surface area contributed by atoms with Crippen LogP contribution in [0.25, 0.3) is 0 Å². The summed E-state index contributed by atoms with van der Waals surface area (Å²) < 4.78 is 0. The first kappa shape index (κ1) is 13.8. The number of hydrogen-bond donors (Lipinski definition) is 1. The van der Waals surface area contributed by atoms with E-state index < -0.39 is 6.04 Å². The van der Waals surface area contributed by atoms with Crippen LogP contribution in [0.15, 0.2) is 17.5 Å². The number of rotatable bonds is 2. The van der Waals surface area contributed by atoms with E-state index in [9.17, 15) is 14.4 Å². The van der Waals surface area contributed by atoms with Crippen molar-refractivity contribution in [1.82, 2.24) is 15.1 Å². The third-order valence-electron chi connectivity index (χ3n) is 4.77. The number of piperazine rings is 1. The Morgan fingerprint density at radius 1 is 1.23 bits per heavy atom. The van der Waals surface area contributed by atoms with Crippen LogP contribution in [0, 0.1) is 0 Å². The van der Waals surface area contributed by atoms with Gasteiger partial charge >= 0.3 is 0 Å². The molecule has 3 aliphatic rings. The van der Waals surface area contributed by atoms with Gasteiger partial charge in [-0.15, -0.1) is 11.3 Å². The van der Waals surface area contributed by atoms with Gasteiger partial charge in [0.2, 0.25) is 11.8 Å². The smallest absolute Gasteiger partial charge is 0.261 e. The molecular formula is C15H17N3O3S. The number of nitrogens with one attached hydrogen (secondary N) is 1. The molecule has 1 aromatic heterocycles. The summed E-state index contributed by atoms with van der Waals surface area (Å²) >= 11 is 1.39. The molecule has 3 atom stereocenters. The highest BCUT2D eigenvalue weighted by molar-refractivity contribution is 7.12. The van der Waals surface area contributed by atoms with E-state index in [0.717, 1.165) is 12.8 Å². The summed E-state index contributed by atoms with van der Waals surface area (Å²) in [7, 11) is 0. The number of fused-ring (bicyclic) bond motifs is 2. The number of thiophene rings is 1. The van der Waals surface area contributed by atoms with Gasteiger partial charge in [0.1, 0.15) is 12.1 Å². The zero-order valence-electron chi connectivity index (χ0n) is 12.0. The summed E-state index contributed by atoms with van der Waals surface area (Å²) in [6.45, 7) is 1.13. The predicted molar refractivity (Wildman–Crippen MR) is 80.4 cm³/mol. The van der Waals surface area contributed by atoms with E-state index in [-0.39, 0.29) is 29.8 Å². The molecule has 0 aliphatic carbocycles. The lowest BCUT2D eigenvalue weighted by molar-refractivity contribution is -0.156. The molecule has 1 N–H and O–H groups in total. The Bertz CT molecular complexity index is 600. The van der Waals surface area contributed by atoms with Crippen LogP contribution in [0.5, 0.6) is 0 Å². The second-order valence-corrected chi connectivity index (χ2v) is 7.03. The second-order valence-electron chi connectivity index (χ2n) is 6.08. The van der Waals surface area contributed by atoms with Gasteiger partial charge in [-0.05, 0) is 30.7 Å². The molecule has 116 valence electrons. The highest BCUT2D eigenvalue weighted by Gasteiger charge is 2.51. The summed E-state index contributed by atoms with van der Waals surface area (Å²) in [6.07, 6.45) is 2.19. The Morgan fingerprint density at radius 3 is 2.82 bits per heavy atom. The molecule has 4 heterocycles. The Morgan fingerprint density at radius 2 is 2.05 bits per heavy atom. The zero-order chi connectivity index (χ0) is 15.3. The van der Waals surface area contributed by atoms with Gasteiger partial charge in [-0.3, -0.25) is 14.4 Å². The molecule has 0 aromatic carbocycles. The molecule has 3 aliphatic heterocycles. The van der Waals surface area contributed by atoms with Crippen molar-refractivity contribution in [2.45, 2.75) is 37.4 Å². The maximum absolute atomic E-state index is 12.5. The van der Waals surface area contributed by atoms with Gasteiger partial charge in [-0.25, -0.2) is 0 Å². The fourth-order valence-corrected chi connectivity index (χ4v) is 4.38. The molecule has 0 radical (unpaired) electrons. The molecule has 0 bridgehead atoms. The van der Waals surface area contributed by atoms with E-state index in [4.69, 9.17) is 0 Å². The van der Waals surface area contributed by atoms with Gasteiger partial charge in [0.25, 0.3) is 5.91 Å². The fraction of sp³-hybridized carbons (Fsp3) is 0.533. The van der Waals surface area contributed by atoms with Crippen molar-refractivity contribution in [3.8, 4) is 0 Å². The van der Waals surface area contributed by atoms with Crippen molar-refractivity contribution in [3.63, 3.8) is 0 Å². The Labute approximate surface area is 132 Å². The summed E-state index contributed by atoms with van der Waals surface area (Å²) in [5.41, 5.74) is 0. The van der Waals surface area contributed by atoms with Crippen molar-refractivity contribution in [2.24, 2.45) is 0 Å². The van der Waals surface area contributed by atoms with Gasteiger partial charge in [0.15, 0.2) is 0 Å². The van der Waals surface area contributed by atoms with E-state index in [2.05, 4.69) is 5.32 Å². The van der Waals surface area contributed by atoms with Gasteiger partial charge in [0, 0.05) is 19.1 Å². The van der Waals surface area contributed by atoms with Crippen molar-refractivity contribution in [1.29, 1.82) is 0 Å². The van der Waals surface area contributed by atoms with Crippen LogP contribution in [0.2, 0.25) is 0 Å². The maximum Gasteiger partial charge on any atom is 0.261 e. The van der Waals surface area contributed by atoms with Crippen molar-refractivity contribution >= 4 is 29.1 Å². The Kier molecular flexibility index (Phi) is 3.18. The van der Waals surface area contributed by atoms with Crippen LogP contribution in [0.4, 0.5) is 0 Å². The van der Waals surface area contributed by atoms with Crippen LogP contribution in [0.3, 0.4) is 0 Å². The minimum atomic E-state index is -0.393. The fourth-order valence-electron chi connectivity index (χ4n) is 3.75. The first-order valence-electron chi connectivity index (χ1n) is 7.60. The highest BCUT2D eigenvalue weighted by Crippen LogP contribution is 2.32. The normalized spacial score (nSPS) is 30.5. The first-order chi connectivity index (χ1) is 10.6. The molecule has 0 saturated carbocycles. The number of nitrogens with zero attached hydrogens (tertiary/aromatic N) is 2. The van der Waals surface area contributed by atoms with E-state index in [0.29, 0.717) is 24.4 Å². The van der Waals surface area contributed by atoms with Crippen LogP contribution in [-0.4, -0.2) is 58.7 Å². The summed E-state index contributed by atoms with van der Waals surface area (Å²) in [5, 5.41) is 4.81. The standard InChI is InChI=1S/C15H17N3O3S/c19-13(12-4-2-6-22-12)16-9-7-11-15(21)17-5-1-3-10(17)14(20)18(11)8-9/h2,4,6,9-11H,1,3,5,7-8H2,(H,16,19)/t9-,10-,11-/m0/s1. The average molecular weight is 319 g/mol. The Hall–Kier alpha value is -1.89. The molecule has 3 saturated heterocycles. The molecule has 0 spiro atoms. The quantitative estimate of drug-likeness (QED) is 0.860. The molecule has 3 amide bonds. The van der Waals surface area contributed by atoms with Gasteiger partial charge in [-0.1, -0.05) is 6.07 Å². The molecular weight excluding hydrogens is 302 g/mol. The molecule has 1 aromatic rings. The largest absolute Gasteiger partial charge is 0.347 e. The van der Waals surface area contributed by atoms with E-state index in [1.54, 1.807) is 15.9 Å². The number of hydrogen-bond acceptors (Lipinski definition) is 4. The minimum absolute atomic E-state index is 0.0509. The number of carbonyl (C=O) groups excluding carboxylic acids is 3. The van der Waals surface area contributed by atoms with Crippen LogP contribution < -0.4 is 5.32 Å². The minimum Gasteiger partial charge on any atom is -0.347 e. The Balaban J connectivity index is 1.48. The maximum atomic E-state index is 12.5. The number of amides is 3. The molecule has 6 nitrogen and oxygen atoms in total. The third-order valence-corrected chi connectivity index (χ3v) is 5.64. The topological polar surface area (TPSA) is 69.7 Å². The van der Waals surface area contributed by atoms with Crippen molar-refractivity contribution in [2.75, 3.05) is 13.1 Å². The van der Waals surface area contributed by atoms with Crippen molar-refractivity contribution < 1.29 is 14.4 Å². The highest BCUT2D eigenvalue weighted by atomic mass is 32.1. The SMILES string of the molecule is O=C(N[C@H]1C[C@H]2C(=O)N3CCC[C@H]3C(=O)N2C1)c1cccs1. The molecule has 0 unspecified atom stereocenters. The molecule has 22 heavy (non-hydrogen) atoms. The lowest BCUT2D eigenvalue weighted by Crippen LogP contribution is -2.60. The van der Waals surface area contributed by atoms with Gasteiger partial charge < -0.3 is 15.1 Å². The lowest BCUT2D eigenvalue weighted by atomic mass is 10.1. The summed E-state index contributed by atoms with van der Waals surface area (Å²) in [4.78, 5) is 41.2. The first-order valence-corrected chi connectivity index (χ1v) is 8.48. The van der Waals surface area contributed by atoms with Crippen LogP contribution in [0.1, 0.15) is 28.9 Å². The van der Waals surface area contributed by atoms with E-state index >= 15 is 0 Å². The third kappa shape index (κ3) is 2.03. The zero-order valence-corrected chi connectivity index (χ0v) is 12.8. The van der Waals surface area contributed by atoms with Crippen LogP contribution >= 0.6 is 11.3 Å². The number of carbonyl (C=O) groups is 3. The summed E-state index contributed by atoms with van der Waals surface area (Å²) in [6, 6.07) is 2.80. The van der Waals surface area contributed by atoms with Crippen molar-refractivity contribution in [3.05, 3.63) is 22.4 Å². The molecule has 7 heteroatoms. The predicted octanol–water partition coefficient (Wildman–Crippen LogP) is 0.452. The molecule has 4 rings (SSSR count). The monoisotopic (exact) mass is 319 g/mol. The van der Waals surface area contributed by atoms with Gasteiger partial charge in [0.05, 0.1) is 4.88 Å². The second kappa shape index (κ2) is 5.08. The van der Waals surface area contributed by atoms with E-state index in [1.165, 1.54) is 11.3 Å². The average Bonchev–Trinajstić information content (AvgIpc) is 3.23. The lowest BCUT2D eigenvalue weighted by Gasteiger charge is -2.38. The van der Waals surface area contributed by atoms with Gasteiger partial charge in [-0.2, -0.15) is 0 Å². The molecule has 3 fully saturated rings.